The number of esters is 1. The van der Waals surface area contributed by atoms with Crippen molar-refractivity contribution in [1.29, 1.82) is 0 Å². The van der Waals surface area contributed by atoms with E-state index in [9.17, 15) is 19.2 Å². The lowest BCUT2D eigenvalue weighted by atomic mass is 10.0. The second kappa shape index (κ2) is 9.82. The van der Waals surface area contributed by atoms with E-state index in [4.69, 9.17) is 0 Å². The number of fused-ring (bicyclic) bond motifs is 1. The van der Waals surface area contributed by atoms with Gasteiger partial charge in [-0.2, -0.15) is 0 Å². The highest BCUT2D eigenvalue weighted by Gasteiger charge is 2.45. The number of hydrogen-bond donors (Lipinski definition) is 2. The van der Waals surface area contributed by atoms with Gasteiger partial charge in [-0.1, -0.05) is 36.4 Å². The Kier molecular flexibility index (Phi) is 6.40. The molecule has 12 heteroatoms. The van der Waals surface area contributed by atoms with Crippen molar-refractivity contribution in [2.24, 2.45) is 7.05 Å². The molecule has 1 fully saturated rings. The number of benzene rings is 2. The Hall–Kier alpha value is -4.58. The first-order chi connectivity index (χ1) is 17.9. The third-order valence-corrected chi connectivity index (χ3v) is 6.83. The van der Waals surface area contributed by atoms with Crippen LogP contribution in [-0.2, 0) is 27.8 Å². The molecule has 0 aliphatic carbocycles. The first kappa shape index (κ1) is 24.1. The molecule has 2 aromatic heterocycles. The van der Waals surface area contributed by atoms with Crippen LogP contribution in [0.2, 0.25) is 0 Å². The van der Waals surface area contributed by atoms with Gasteiger partial charge in [-0.25, -0.2) is 24.5 Å². The van der Waals surface area contributed by atoms with E-state index in [0.29, 0.717) is 11.1 Å². The first-order valence-corrected chi connectivity index (χ1v) is 12.2. The van der Waals surface area contributed by atoms with E-state index in [-0.39, 0.29) is 17.2 Å². The molecule has 2 atom stereocenters. The van der Waals surface area contributed by atoms with Crippen molar-refractivity contribution in [3.05, 3.63) is 77.1 Å². The Labute approximate surface area is 215 Å². The minimum absolute atomic E-state index is 0.0439. The third kappa shape index (κ3) is 4.66. The highest BCUT2D eigenvalue weighted by molar-refractivity contribution is 7.14. The van der Waals surface area contributed by atoms with E-state index in [1.54, 1.807) is 18.5 Å². The summed E-state index contributed by atoms with van der Waals surface area (Å²) in [6.07, 6.45) is 1.76. The van der Waals surface area contributed by atoms with Crippen LogP contribution in [0.1, 0.15) is 27.7 Å². The van der Waals surface area contributed by atoms with Crippen molar-refractivity contribution in [1.82, 2.24) is 24.8 Å². The van der Waals surface area contributed by atoms with Gasteiger partial charge in [0.2, 0.25) is 5.91 Å². The third-order valence-electron chi connectivity index (χ3n) is 6.07. The summed E-state index contributed by atoms with van der Waals surface area (Å²) in [5.74, 6) is -1.80. The lowest BCUT2D eigenvalue weighted by Crippen LogP contribution is -2.49. The zero-order valence-electron chi connectivity index (χ0n) is 19.9. The zero-order chi connectivity index (χ0) is 26.1. The van der Waals surface area contributed by atoms with Crippen molar-refractivity contribution in [2.45, 2.75) is 18.5 Å². The van der Waals surface area contributed by atoms with E-state index in [2.05, 4.69) is 25.3 Å². The summed E-state index contributed by atoms with van der Waals surface area (Å²) >= 11 is 1.03. The molecular weight excluding hydrogens is 496 g/mol. The smallest absolute Gasteiger partial charge is 0.357 e. The van der Waals surface area contributed by atoms with E-state index in [1.165, 1.54) is 12.5 Å². The zero-order valence-corrected chi connectivity index (χ0v) is 20.7. The Morgan fingerprint density at radius 1 is 1.19 bits per heavy atom. The lowest BCUT2D eigenvalue weighted by Gasteiger charge is -2.24. The van der Waals surface area contributed by atoms with Crippen LogP contribution < -0.4 is 10.6 Å². The second-order valence-electron chi connectivity index (χ2n) is 8.42. The first-order valence-electron chi connectivity index (χ1n) is 11.3. The number of thiazole rings is 1. The maximum Gasteiger partial charge on any atom is 0.357 e. The van der Waals surface area contributed by atoms with Gasteiger partial charge in [0.25, 0.3) is 5.91 Å². The standard InChI is InChI=1S/C25H22N6O5S/c1-30-13-26-16-11-15(8-9-18(16)30)20-22(33)31(25(35)28-20)19(10-14-6-4-3-5-7-14)21(32)29-24-27-17(12-37-24)23(34)36-2/h3-9,11-13,19-20H,10H2,1-2H3,(H,28,35)(H,27,29,32). The van der Waals surface area contributed by atoms with E-state index >= 15 is 0 Å². The van der Waals surface area contributed by atoms with Crippen LogP contribution >= 0.6 is 11.3 Å². The summed E-state index contributed by atoms with van der Waals surface area (Å²) in [5, 5.41) is 6.93. The maximum atomic E-state index is 13.5. The highest BCUT2D eigenvalue weighted by atomic mass is 32.1. The molecule has 1 aliphatic rings. The molecule has 188 valence electrons. The lowest BCUT2D eigenvalue weighted by molar-refractivity contribution is -0.134. The monoisotopic (exact) mass is 518 g/mol. The largest absolute Gasteiger partial charge is 0.464 e. The number of amides is 4. The summed E-state index contributed by atoms with van der Waals surface area (Å²) in [7, 11) is 3.10. The van der Waals surface area contributed by atoms with Crippen LogP contribution in [0.5, 0.6) is 0 Å². The number of carbonyl (C=O) groups is 4. The van der Waals surface area contributed by atoms with Gasteiger partial charge >= 0.3 is 12.0 Å². The number of aromatic nitrogens is 3. The molecule has 0 saturated carbocycles. The Morgan fingerprint density at radius 2 is 1.97 bits per heavy atom. The van der Waals surface area contributed by atoms with E-state index in [1.807, 2.05) is 48.0 Å². The molecule has 1 aliphatic heterocycles. The van der Waals surface area contributed by atoms with Crippen molar-refractivity contribution in [3.8, 4) is 0 Å². The summed E-state index contributed by atoms with van der Waals surface area (Å²) in [6.45, 7) is 0. The molecule has 4 aromatic rings. The quantitative estimate of drug-likeness (QED) is 0.284. The Morgan fingerprint density at radius 3 is 2.73 bits per heavy atom. The minimum atomic E-state index is -1.16. The number of rotatable bonds is 7. The number of imide groups is 1. The van der Waals surface area contributed by atoms with Crippen LogP contribution in [0, 0.1) is 0 Å². The van der Waals surface area contributed by atoms with Crippen LogP contribution in [-0.4, -0.2) is 56.4 Å². The summed E-state index contributed by atoms with van der Waals surface area (Å²) in [6, 6.07) is 11.6. The molecule has 1 saturated heterocycles. The van der Waals surface area contributed by atoms with Gasteiger partial charge in [0.15, 0.2) is 10.8 Å². The fourth-order valence-electron chi connectivity index (χ4n) is 4.20. The molecule has 2 aromatic carbocycles. The van der Waals surface area contributed by atoms with Crippen molar-refractivity contribution in [3.63, 3.8) is 0 Å². The normalized spacial score (nSPS) is 16.1. The molecule has 5 rings (SSSR count). The number of anilines is 1. The number of hydrogen-bond acceptors (Lipinski definition) is 8. The topological polar surface area (TPSA) is 136 Å². The Balaban J connectivity index is 1.43. The average Bonchev–Trinajstić information content (AvgIpc) is 3.60. The summed E-state index contributed by atoms with van der Waals surface area (Å²) in [4.78, 5) is 61.1. The average molecular weight is 519 g/mol. The molecule has 0 spiro atoms. The van der Waals surface area contributed by atoms with Crippen LogP contribution in [0.4, 0.5) is 9.93 Å². The van der Waals surface area contributed by atoms with Crippen LogP contribution in [0.15, 0.2) is 60.2 Å². The van der Waals surface area contributed by atoms with E-state index in [0.717, 1.165) is 27.3 Å². The predicted octanol–water partition coefficient (Wildman–Crippen LogP) is 2.66. The van der Waals surface area contributed by atoms with Gasteiger partial charge in [0, 0.05) is 18.8 Å². The SMILES string of the molecule is COC(=O)c1csc(NC(=O)C(Cc2ccccc2)N2C(=O)NC(c3ccc4c(c3)ncn4C)C2=O)n1. The molecule has 11 nitrogen and oxygen atoms in total. The molecular formula is C25H22N6O5S. The Bertz CT molecular complexity index is 1510. The number of imidazole rings is 1. The summed E-state index contributed by atoms with van der Waals surface area (Å²) in [5.41, 5.74) is 2.93. The molecule has 4 amide bonds. The predicted molar refractivity (Wildman–Crippen MR) is 135 cm³/mol. The van der Waals surface area contributed by atoms with Gasteiger partial charge in [0.05, 0.1) is 24.5 Å². The van der Waals surface area contributed by atoms with Crippen molar-refractivity contribution in [2.75, 3.05) is 12.4 Å². The van der Waals surface area contributed by atoms with Crippen molar-refractivity contribution >= 4 is 51.3 Å². The van der Waals surface area contributed by atoms with Crippen molar-refractivity contribution < 1.29 is 23.9 Å². The summed E-state index contributed by atoms with van der Waals surface area (Å²) < 4.78 is 6.51. The molecule has 3 heterocycles. The number of nitrogens with one attached hydrogen (secondary N) is 2. The number of aryl methyl sites for hydroxylation is 1. The van der Waals surface area contributed by atoms with Crippen LogP contribution in [0.25, 0.3) is 11.0 Å². The fourth-order valence-corrected chi connectivity index (χ4v) is 4.89. The number of methoxy groups -OCH3 is 1. The van der Waals surface area contributed by atoms with Gasteiger partial charge in [-0.15, -0.1) is 11.3 Å². The minimum Gasteiger partial charge on any atom is -0.464 e. The molecule has 2 N–H and O–H groups in total. The van der Waals surface area contributed by atoms with Gasteiger partial charge in [-0.05, 0) is 23.3 Å². The number of nitrogens with zero attached hydrogens (tertiary/aromatic N) is 4. The maximum absolute atomic E-state index is 13.5. The molecule has 0 radical (unpaired) electrons. The number of carbonyl (C=O) groups excluding carboxylic acids is 4. The highest BCUT2D eigenvalue weighted by Crippen LogP contribution is 2.28. The van der Waals surface area contributed by atoms with Gasteiger partial charge < -0.3 is 19.9 Å². The number of ether oxygens (including phenoxy) is 1. The number of urea groups is 1. The molecule has 37 heavy (non-hydrogen) atoms. The molecule has 2 unspecified atom stereocenters. The van der Waals surface area contributed by atoms with Gasteiger partial charge in [-0.3, -0.25) is 9.59 Å². The van der Waals surface area contributed by atoms with Crippen LogP contribution in [0.3, 0.4) is 0 Å². The molecule has 0 bridgehead atoms. The second-order valence-corrected chi connectivity index (χ2v) is 9.28. The fraction of sp³-hybridized carbons (Fsp3) is 0.200. The van der Waals surface area contributed by atoms with Gasteiger partial charge in [0.1, 0.15) is 12.1 Å². The van der Waals surface area contributed by atoms with E-state index < -0.39 is 35.9 Å².